The van der Waals surface area contributed by atoms with Crippen molar-refractivity contribution in [2.75, 3.05) is 13.7 Å². The van der Waals surface area contributed by atoms with Crippen molar-refractivity contribution in [1.82, 2.24) is 15.6 Å². The van der Waals surface area contributed by atoms with Crippen LogP contribution in [-0.2, 0) is 6.54 Å². The maximum absolute atomic E-state index is 5.74. The quantitative estimate of drug-likeness (QED) is 0.323. The van der Waals surface area contributed by atoms with Gasteiger partial charge in [-0.3, -0.25) is 4.99 Å². The first-order valence-corrected chi connectivity index (χ1v) is 9.83. The predicted octanol–water partition coefficient (Wildman–Crippen LogP) is 4.84. The molecule has 0 fully saturated rings. The molecule has 27 heavy (non-hydrogen) atoms. The van der Waals surface area contributed by atoms with Crippen molar-refractivity contribution in [3.8, 4) is 5.75 Å². The highest BCUT2D eigenvalue weighted by Gasteiger charge is 2.10. The largest absolute Gasteiger partial charge is 0.493 e. The summed E-state index contributed by atoms with van der Waals surface area (Å²) in [7, 11) is 1.79. The van der Waals surface area contributed by atoms with Gasteiger partial charge in [-0.15, -0.1) is 35.3 Å². The predicted molar refractivity (Wildman–Crippen MR) is 126 cm³/mol. The van der Waals surface area contributed by atoms with Crippen LogP contribution in [0.2, 0.25) is 0 Å². The second-order valence-electron chi connectivity index (χ2n) is 6.81. The van der Waals surface area contributed by atoms with Gasteiger partial charge < -0.3 is 15.4 Å². The molecule has 0 amide bonds. The maximum atomic E-state index is 5.74. The summed E-state index contributed by atoms with van der Waals surface area (Å²) in [4.78, 5) is 10.0. The number of hydrogen-bond donors (Lipinski definition) is 2. The summed E-state index contributed by atoms with van der Waals surface area (Å²) in [6, 6.07) is 8.38. The van der Waals surface area contributed by atoms with Crippen LogP contribution in [-0.4, -0.2) is 24.6 Å². The third-order valence-electron chi connectivity index (χ3n) is 3.96. The van der Waals surface area contributed by atoms with Crippen molar-refractivity contribution in [2.45, 2.75) is 47.2 Å². The molecule has 0 saturated heterocycles. The zero-order chi connectivity index (χ0) is 19.1. The molecule has 0 radical (unpaired) electrons. The highest BCUT2D eigenvalue weighted by Crippen LogP contribution is 2.19. The van der Waals surface area contributed by atoms with Crippen LogP contribution in [0, 0.1) is 19.8 Å². The molecule has 150 valence electrons. The molecule has 1 atom stereocenters. The van der Waals surface area contributed by atoms with Gasteiger partial charge in [0, 0.05) is 11.9 Å². The molecular weight excluding hydrogens is 471 g/mol. The highest BCUT2D eigenvalue weighted by atomic mass is 127. The molecule has 5 nitrogen and oxygen atoms in total. The number of aryl methyl sites for hydroxylation is 2. The van der Waals surface area contributed by atoms with E-state index in [1.165, 1.54) is 10.4 Å². The summed E-state index contributed by atoms with van der Waals surface area (Å²) in [5, 5.41) is 7.89. The van der Waals surface area contributed by atoms with Gasteiger partial charge in [0.15, 0.2) is 5.96 Å². The van der Waals surface area contributed by atoms with E-state index in [-0.39, 0.29) is 30.0 Å². The lowest BCUT2D eigenvalue weighted by Crippen LogP contribution is -2.38. The Morgan fingerprint density at radius 2 is 1.85 bits per heavy atom. The minimum atomic E-state index is 0. The summed E-state index contributed by atoms with van der Waals surface area (Å²) < 4.78 is 5.74. The fourth-order valence-electron chi connectivity index (χ4n) is 2.50. The molecule has 7 heteroatoms. The summed E-state index contributed by atoms with van der Waals surface area (Å²) in [6.07, 6.45) is 0. The summed E-state index contributed by atoms with van der Waals surface area (Å²) in [5.41, 5.74) is 2.27. The third kappa shape index (κ3) is 7.65. The number of thiazole rings is 1. The van der Waals surface area contributed by atoms with Crippen LogP contribution in [0.15, 0.2) is 29.3 Å². The smallest absolute Gasteiger partial charge is 0.191 e. The van der Waals surface area contributed by atoms with Gasteiger partial charge in [0.05, 0.1) is 29.9 Å². The van der Waals surface area contributed by atoms with Crippen LogP contribution in [0.4, 0.5) is 0 Å². The molecule has 2 N–H and O–H groups in total. The number of nitrogens with zero attached hydrogens (tertiary/aromatic N) is 2. The molecule has 1 aromatic heterocycles. The van der Waals surface area contributed by atoms with E-state index >= 15 is 0 Å². The Morgan fingerprint density at radius 3 is 2.37 bits per heavy atom. The molecule has 0 aliphatic rings. The van der Waals surface area contributed by atoms with Gasteiger partial charge in [0.1, 0.15) is 5.75 Å². The van der Waals surface area contributed by atoms with E-state index in [4.69, 9.17) is 4.74 Å². The van der Waals surface area contributed by atoms with Crippen molar-refractivity contribution in [1.29, 1.82) is 0 Å². The minimum absolute atomic E-state index is 0. The van der Waals surface area contributed by atoms with Crippen LogP contribution < -0.4 is 15.4 Å². The standard InChI is InChI=1S/C20H30N4OS.HI/c1-13(2)12-25-18-9-7-17(8-10-18)14(3)24-20(21-6)22-11-19-15(4)23-16(5)26-19;/h7-10,13-14H,11-12H2,1-6H3,(H2,21,22,24);1H. The van der Waals surface area contributed by atoms with E-state index in [1.54, 1.807) is 18.4 Å². The Morgan fingerprint density at radius 1 is 1.19 bits per heavy atom. The first-order chi connectivity index (χ1) is 12.4. The molecule has 0 aliphatic carbocycles. The lowest BCUT2D eigenvalue weighted by molar-refractivity contribution is 0.271. The first-order valence-electron chi connectivity index (χ1n) is 9.02. The average Bonchev–Trinajstić information content (AvgIpc) is 2.94. The van der Waals surface area contributed by atoms with Crippen molar-refractivity contribution >= 4 is 41.3 Å². The number of nitrogens with one attached hydrogen (secondary N) is 2. The van der Waals surface area contributed by atoms with E-state index in [1.807, 2.05) is 26.0 Å². The number of aromatic nitrogens is 1. The summed E-state index contributed by atoms with van der Waals surface area (Å²) >= 11 is 1.72. The molecule has 1 unspecified atom stereocenters. The van der Waals surface area contributed by atoms with Gasteiger partial charge in [-0.2, -0.15) is 0 Å². The van der Waals surface area contributed by atoms with E-state index in [9.17, 15) is 0 Å². The Bertz CT molecular complexity index is 728. The molecule has 1 heterocycles. The lowest BCUT2D eigenvalue weighted by Gasteiger charge is -2.18. The van der Waals surface area contributed by atoms with Crippen LogP contribution >= 0.6 is 35.3 Å². The number of aliphatic imine (C=N–C) groups is 1. The Balaban J connectivity index is 0.00000364. The Labute approximate surface area is 184 Å². The minimum Gasteiger partial charge on any atom is -0.493 e. The topological polar surface area (TPSA) is 58.5 Å². The fraction of sp³-hybridized carbons (Fsp3) is 0.500. The zero-order valence-electron chi connectivity index (χ0n) is 17.0. The molecule has 2 rings (SSSR count). The Hall–Kier alpha value is -1.35. The molecule has 0 saturated carbocycles. The van der Waals surface area contributed by atoms with E-state index < -0.39 is 0 Å². The summed E-state index contributed by atoms with van der Waals surface area (Å²) in [6.45, 7) is 12.0. The second-order valence-corrected chi connectivity index (χ2v) is 8.09. The molecule has 0 aliphatic heterocycles. The number of ether oxygens (including phenoxy) is 1. The van der Waals surface area contributed by atoms with Crippen LogP contribution in [0.25, 0.3) is 0 Å². The van der Waals surface area contributed by atoms with Gasteiger partial charge in [-0.05, 0) is 44.4 Å². The van der Waals surface area contributed by atoms with Crippen LogP contribution in [0.3, 0.4) is 0 Å². The van der Waals surface area contributed by atoms with Crippen molar-refractivity contribution in [2.24, 2.45) is 10.9 Å². The van der Waals surface area contributed by atoms with Crippen molar-refractivity contribution in [3.63, 3.8) is 0 Å². The van der Waals surface area contributed by atoms with E-state index in [0.717, 1.165) is 35.6 Å². The molecule has 2 aromatic rings. The van der Waals surface area contributed by atoms with Crippen LogP contribution in [0.1, 0.15) is 48.0 Å². The lowest BCUT2D eigenvalue weighted by atomic mass is 10.1. The number of benzene rings is 1. The first kappa shape index (κ1) is 23.7. The average molecular weight is 502 g/mol. The molecular formula is C20H31IN4OS. The van der Waals surface area contributed by atoms with Gasteiger partial charge in [0.2, 0.25) is 0 Å². The number of hydrogen-bond acceptors (Lipinski definition) is 4. The van der Waals surface area contributed by atoms with Gasteiger partial charge in [-0.25, -0.2) is 4.98 Å². The highest BCUT2D eigenvalue weighted by molar-refractivity contribution is 14.0. The van der Waals surface area contributed by atoms with Crippen molar-refractivity contribution < 1.29 is 4.74 Å². The fourth-order valence-corrected chi connectivity index (χ4v) is 3.38. The van der Waals surface area contributed by atoms with E-state index in [2.05, 4.69) is 53.5 Å². The van der Waals surface area contributed by atoms with Gasteiger partial charge in [-0.1, -0.05) is 26.0 Å². The normalized spacial score (nSPS) is 12.5. The van der Waals surface area contributed by atoms with Gasteiger partial charge in [0.25, 0.3) is 0 Å². The van der Waals surface area contributed by atoms with Crippen LogP contribution in [0.5, 0.6) is 5.75 Å². The number of halogens is 1. The summed E-state index contributed by atoms with van der Waals surface area (Å²) in [5.74, 6) is 2.21. The zero-order valence-corrected chi connectivity index (χ0v) is 20.1. The van der Waals surface area contributed by atoms with Crippen molar-refractivity contribution in [3.05, 3.63) is 45.4 Å². The number of guanidine groups is 1. The molecule has 0 bridgehead atoms. The third-order valence-corrected chi connectivity index (χ3v) is 5.03. The monoisotopic (exact) mass is 502 g/mol. The molecule has 1 aromatic carbocycles. The van der Waals surface area contributed by atoms with Gasteiger partial charge >= 0.3 is 0 Å². The van der Waals surface area contributed by atoms with E-state index in [0.29, 0.717) is 5.92 Å². The Kier molecular flexibility index (Phi) is 10.1. The second kappa shape index (κ2) is 11.5. The maximum Gasteiger partial charge on any atom is 0.191 e. The number of rotatable bonds is 7. The molecule has 0 spiro atoms. The SMILES string of the molecule is CN=C(NCc1sc(C)nc1C)NC(C)c1ccc(OCC(C)C)cc1.I.